The average molecular weight is 211 g/mol. The van der Waals surface area contributed by atoms with Crippen LogP contribution < -0.4 is 5.32 Å². The van der Waals surface area contributed by atoms with Gasteiger partial charge in [-0.2, -0.15) is 0 Å². The highest BCUT2D eigenvalue weighted by atomic mass is 16.5. The summed E-state index contributed by atoms with van der Waals surface area (Å²) >= 11 is 0. The number of carbonyl (C=O) groups excluding carboxylic acids is 1. The minimum Gasteiger partial charge on any atom is -0.375 e. The van der Waals surface area contributed by atoms with Gasteiger partial charge in [-0.3, -0.25) is 4.79 Å². The zero-order chi connectivity index (χ0) is 10.9. The molecule has 2 fully saturated rings. The van der Waals surface area contributed by atoms with E-state index in [-0.39, 0.29) is 17.6 Å². The fourth-order valence-electron chi connectivity index (χ4n) is 2.69. The molecule has 1 saturated carbocycles. The molecule has 1 N–H and O–H groups in total. The maximum Gasteiger partial charge on any atom is 0.152 e. The molecule has 1 saturated heterocycles. The number of rotatable bonds is 3. The van der Waals surface area contributed by atoms with Crippen molar-refractivity contribution >= 4 is 5.78 Å². The Hall–Kier alpha value is -0.410. The monoisotopic (exact) mass is 211 g/mol. The zero-order valence-electron chi connectivity index (χ0n) is 9.71. The molecule has 1 aliphatic heterocycles. The van der Waals surface area contributed by atoms with Crippen LogP contribution in [-0.2, 0) is 9.53 Å². The van der Waals surface area contributed by atoms with Crippen molar-refractivity contribution in [2.45, 2.75) is 50.7 Å². The Balaban J connectivity index is 1.95. The number of likely N-dealkylation sites (N-methyl/N-ethyl adjacent to an activating group) is 1. The largest absolute Gasteiger partial charge is 0.375 e. The van der Waals surface area contributed by atoms with Gasteiger partial charge in [0.25, 0.3) is 0 Å². The molecule has 1 heterocycles. The molecule has 2 unspecified atom stereocenters. The maximum absolute atomic E-state index is 12.0. The van der Waals surface area contributed by atoms with Crippen LogP contribution in [0.1, 0.15) is 39.0 Å². The van der Waals surface area contributed by atoms with Crippen molar-refractivity contribution in [1.82, 2.24) is 5.32 Å². The van der Waals surface area contributed by atoms with Gasteiger partial charge < -0.3 is 10.1 Å². The summed E-state index contributed by atoms with van der Waals surface area (Å²) in [4.78, 5) is 12.0. The highest BCUT2D eigenvalue weighted by Crippen LogP contribution is 2.44. The molecule has 0 aromatic rings. The molecule has 86 valence electrons. The highest BCUT2D eigenvalue weighted by Gasteiger charge is 2.44. The second kappa shape index (κ2) is 4.22. The molecule has 0 radical (unpaired) electrons. The zero-order valence-corrected chi connectivity index (χ0v) is 9.71. The second-order valence-electron chi connectivity index (χ2n) is 4.99. The van der Waals surface area contributed by atoms with Gasteiger partial charge in [0, 0.05) is 12.5 Å². The third kappa shape index (κ3) is 2.08. The summed E-state index contributed by atoms with van der Waals surface area (Å²) in [5.74, 6) is 0.591. The lowest BCUT2D eigenvalue weighted by atomic mass is 9.70. The van der Waals surface area contributed by atoms with Crippen LogP contribution in [0.3, 0.4) is 0 Å². The fourth-order valence-corrected chi connectivity index (χ4v) is 2.69. The predicted molar refractivity (Wildman–Crippen MR) is 58.8 cm³/mol. The van der Waals surface area contributed by atoms with Gasteiger partial charge >= 0.3 is 0 Å². The molecule has 2 atom stereocenters. The van der Waals surface area contributed by atoms with Gasteiger partial charge in [-0.1, -0.05) is 0 Å². The Bertz CT molecular complexity index is 248. The fraction of sp³-hybridized carbons (Fsp3) is 0.917. The Morgan fingerprint density at radius 3 is 2.80 bits per heavy atom. The first kappa shape index (κ1) is 11.1. The quantitative estimate of drug-likeness (QED) is 0.769. The van der Waals surface area contributed by atoms with Crippen molar-refractivity contribution in [1.29, 1.82) is 0 Å². The summed E-state index contributed by atoms with van der Waals surface area (Å²) in [5.41, 5.74) is 0.0893. The van der Waals surface area contributed by atoms with E-state index in [0.717, 1.165) is 32.3 Å². The summed E-state index contributed by atoms with van der Waals surface area (Å²) in [5, 5.41) is 3.04. The smallest absolute Gasteiger partial charge is 0.152 e. The van der Waals surface area contributed by atoms with Gasteiger partial charge in [-0.05, 0) is 46.1 Å². The molecule has 0 bridgehead atoms. The molecule has 2 rings (SSSR count). The third-order valence-electron chi connectivity index (χ3n) is 4.02. The second-order valence-corrected chi connectivity index (χ2v) is 4.99. The lowest BCUT2D eigenvalue weighted by Gasteiger charge is -2.47. The van der Waals surface area contributed by atoms with E-state index in [4.69, 9.17) is 4.74 Å². The molecule has 0 aromatic heterocycles. The van der Waals surface area contributed by atoms with Gasteiger partial charge in [0.1, 0.15) is 0 Å². The summed E-state index contributed by atoms with van der Waals surface area (Å²) < 4.78 is 5.82. The SMILES string of the molecule is CNC(C)C(=O)C1CCOC2(CCC2)C1. The standard InChI is InChI=1S/C12H21NO2/c1-9(13-2)11(14)10-4-7-15-12(8-10)5-3-6-12/h9-10,13H,3-8H2,1-2H3. The Kier molecular flexibility index (Phi) is 3.12. The van der Waals surface area contributed by atoms with Gasteiger partial charge in [0.05, 0.1) is 11.6 Å². The van der Waals surface area contributed by atoms with Crippen molar-refractivity contribution in [3.05, 3.63) is 0 Å². The van der Waals surface area contributed by atoms with E-state index >= 15 is 0 Å². The first-order chi connectivity index (χ1) is 7.17. The molecule has 2 aliphatic rings. The van der Waals surface area contributed by atoms with E-state index in [1.165, 1.54) is 6.42 Å². The van der Waals surface area contributed by atoms with E-state index in [1.807, 2.05) is 14.0 Å². The van der Waals surface area contributed by atoms with E-state index in [2.05, 4.69) is 5.32 Å². The maximum atomic E-state index is 12.0. The molecule has 1 spiro atoms. The number of hydrogen-bond donors (Lipinski definition) is 1. The van der Waals surface area contributed by atoms with E-state index in [1.54, 1.807) is 0 Å². The van der Waals surface area contributed by atoms with E-state index in [0.29, 0.717) is 5.78 Å². The number of nitrogens with one attached hydrogen (secondary N) is 1. The van der Waals surface area contributed by atoms with E-state index < -0.39 is 0 Å². The highest BCUT2D eigenvalue weighted by molar-refractivity contribution is 5.86. The van der Waals surface area contributed by atoms with Gasteiger partial charge in [-0.25, -0.2) is 0 Å². The number of hydrogen-bond acceptors (Lipinski definition) is 3. The molecule has 1 aliphatic carbocycles. The summed E-state index contributed by atoms with van der Waals surface area (Å²) in [7, 11) is 1.85. The number of Topliss-reactive ketones (excluding diaryl/α,β-unsaturated/α-hetero) is 1. The van der Waals surface area contributed by atoms with Crippen LogP contribution in [-0.4, -0.2) is 31.1 Å². The van der Waals surface area contributed by atoms with Crippen LogP contribution >= 0.6 is 0 Å². The van der Waals surface area contributed by atoms with Crippen LogP contribution in [0.4, 0.5) is 0 Å². The van der Waals surface area contributed by atoms with Gasteiger partial charge in [-0.15, -0.1) is 0 Å². The number of carbonyl (C=O) groups is 1. The molecular weight excluding hydrogens is 190 g/mol. The topological polar surface area (TPSA) is 38.3 Å². The Labute approximate surface area is 91.6 Å². The van der Waals surface area contributed by atoms with Crippen LogP contribution in [0.2, 0.25) is 0 Å². The number of ketones is 1. The van der Waals surface area contributed by atoms with E-state index in [9.17, 15) is 4.79 Å². The van der Waals surface area contributed by atoms with Crippen LogP contribution in [0.15, 0.2) is 0 Å². The van der Waals surface area contributed by atoms with Crippen LogP contribution in [0, 0.1) is 5.92 Å². The lowest BCUT2D eigenvalue weighted by molar-refractivity contribution is -0.156. The van der Waals surface area contributed by atoms with Crippen LogP contribution in [0.5, 0.6) is 0 Å². The summed E-state index contributed by atoms with van der Waals surface area (Å²) in [6.07, 6.45) is 5.45. The van der Waals surface area contributed by atoms with Crippen molar-refractivity contribution in [3.8, 4) is 0 Å². The molecular formula is C12H21NO2. The van der Waals surface area contributed by atoms with Crippen molar-refractivity contribution in [2.24, 2.45) is 5.92 Å². The normalized spacial score (nSPS) is 30.9. The van der Waals surface area contributed by atoms with Crippen LogP contribution in [0.25, 0.3) is 0 Å². The minimum absolute atomic E-state index is 0.00905. The predicted octanol–water partition coefficient (Wildman–Crippen LogP) is 1.51. The lowest BCUT2D eigenvalue weighted by Crippen LogP contribution is -2.49. The summed E-state index contributed by atoms with van der Waals surface area (Å²) in [6, 6.07) is -0.00905. The molecule has 3 heteroatoms. The van der Waals surface area contributed by atoms with Gasteiger partial charge in [0.2, 0.25) is 0 Å². The Morgan fingerprint density at radius 2 is 2.27 bits per heavy atom. The first-order valence-corrected chi connectivity index (χ1v) is 6.02. The molecule has 15 heavy (non-hydrogen) atoms. The van der Waals surface area contributed by atoms with Crippen molar-refractivity contribution in [2.75, 3.05) is 13.7 Å². The third-order valence-corrected chi connectivity index (χ3v) is 4.02. The Morgan fingerprint density at radius 1 is 1.53 bits per heavy atom. The minimum atomic E-state index is -0.00905. The average Bonchev–Trinajstić information content (AvgIpc) is 2.25. The molecule has 0 aromatic carbocycles. The summed E-state index contributed by atoms with van der Waals surface area (Å²) in [6.45, 7) is 2.72. The molecule has 0 amide bonds. The van der Waals surface area contributed by atoms with Crippen molar-refractivity contribution in [3.63, 3.8) is 0 Å². The number of ether oxygens (including phenoxy) is 1. The van der Waals surface area contributed by atoms with Crippen molar-refractivity contribution < 1.29 is 9.53 Å². The van der Waals surface area contributed by atoms with Gasteiger partial charge in [0.15, 0.2) is 5.78 Å². The first-order valence-electron chi connectivity index (χ1n) is 6.02. The molecule has 3 nitrogen and oxygen atoms in total.